The van der Waals surface area contributed by atoms with Gasteiger partial charge < -0.3 is 5.73 Å². The molecule has 0 saturated carbocycles. The van der Waals surface area contributed by atoms with E-state index in [-0.39, 0.29) is 5.78 Å². The highest BCUT2D eigenvalue weighted by Gasteiger charge is 2.17. The molecule has 0 unspecified atom stereocenters. The molecule has 0 spiro atoms. The van der Waals surface area contributed by atoms with Crippen LogP contribution in [0.3, 0.4) is 0 Å². The van der Waals surface area contributed by atoms with Gasteiger partial charge in [0.2, 0.25) is 0 Å². The van der Waals surface area contributed by atoms with Gasteiger partial charge in [-0.25, -0.2) is 0 Å². The number of nitrogen functional groups attached to an aromatic ring is 1. The summed E-state index contributed by atoms with van der Waals surface area (Å²) in [4.78, 5) is 12.4. The van der Waals surface area contributed by atoms with Gasteiger partial charge in [0.1, 0.15) is 0 Å². The maximum atomic E-state index is 12.4. The molecule has 0 radical (unpaired) electrons. The molecular formula is C12H9Br2NOS. The Hall–Kier alpha value is -0.650. The van der Waals surface area contributed by atoms with Crippen LogP contribution in [0, 0.1) is 6.92 Å². The van der Waals surface area contributed by atoms with Crippen molar-refractivity contribution in [1.82, 2.24) is 0 Å². The van der Waals surface area contributed by atoms with E-state index in [0.29, 0.717) is 16.8 Å². The monoisotopic (exact) mass is 373 g/mol. The van der Waals surface area contributed by atoms with Crippen molar-refractivity contribution in [2.75, 3.05) is 5.73 Å². The molecule has 17 heavy (non-hydrogen) atoms. The van der Waals surface area contributed by atoms with E-state index in [1.54, 1.807) is 18.2 Å². The summed E-state index contributed by atoms with van der Waals surface area (Å²) in [5, 5.41) is 0. The van der Waals surface area contributed by atoms with Crippen LogP contribution in [0.5, 0.6) is 0 Å². The summed E-state index contributed by atoms with van der Waals surface area (Å²) in [7, 11) is 0. The summed E-state index contributed by atoms with van der Waals surface area (Å²) in [5.74, 6) is -0.0105. The Bertz CT molecular complexity index is 592. The lowest BCUT2D eigenvalue weighted by Gasteiger charge is -2.06. The predicted molar refractivity (Wildman–Crippen MR) is 78.7 cm³/mol. The molecule has 1 heterocycles. The molecule has 2 nitrogen and oxygen atoms in total. The molecule has 0 aliphatic carbocycles. The van der Waals surface area contributed by atoms with E-state index in [0.717, 1.165) is 13.1 Å². The zero-order valence-corrected chi connectivity index (χ0v) is 12.9. The minimum atomic E-state index is -0.0105. The third-order valence-corrected chi connectivity index (χ3v) is 4.86. The van der Waals surface area contributed by atoms with Crippen molar-refractivity contribution in [3.05, 3.63) is 48.5 Å². The molecule has 0 aliphatic heterocycles. The second kappa shape index (κ2) is 4.92. The van der Waals surface area contributed by atoms with Crippen LogP contribution < -0.4 is 5.73 Å². The Morgan fingerprint density at radius 3 is 2.59 bits per heavy atom. The number of hydrogen-bond acceptors (Lipinski definition) is 3. The maximum Gasteiger partial charge on any atom is 0.195 e. The fourth-order valence-electron chi connectivity index (χ4n) is 1.54. The molecule has 2 N–H and O–H groups in total. The number of halogens is 2. The van der Waals surface area contributed by atoms with Gasteiger partial charge >= 0.3 is 0 Å². The number of benzene rings is 1. The normalized spacial score (nSPS) is 10.5. The lowest BCUT2D eigenvalue weighted by molar-refractivity contribution is 0.103. The van der Waals surface area contributed by atoms with Crippen LogP contribution in [-0.4, -0.2) is 5.78 Å². The Morgan fingerprint density at radius 1 is 1.29 bits per heavy atom. The van der Waals surface area contributed by atoms with Crippen LogP contribution in [-0.2, 0) is 0 Å². The van der Waals surface area contributed by atoms with E-state index in [1.807, 2.05) is 13.0 Å². The molecule has 0 fully saturated rings. The highest BCUT2D eigenvalue weighted by Crippen LogP contribution is 2.34. The molecule has 0 aliphatic rings. The van der Waals surface area contributed by atoms with E-state index in [1.165, 1.54) is 11.3 Å². The summed E-state index contributed by atoms with van der Waals surface area (Å²) < 4.78 is 1.76. The average molecular weight is 375 g/mol. The molecule has 0 bridgehead atoms. The highest BCUT2D eigenvalue weighted by atomic mass is 79.9. The quantitative estimate of drug-likeness (QED) is 0.625. The van der Waals surface area contributed by atoms with Crippen LogP contribution in [0.4, 0.5) is 5.69 Å². The van der Waals surface area contributed by atoms with Crippen molar-refractivity contribution >= 4 is 54.7 Å². The second-order valence-corrected chi connectivity index (χ2v) is 7.34. The SMILES string of the molecule is Cc1c(N)cccc1C(=O)c1cc(Br)sc1Br. The van der Waals surface area contributed by atoms with Crippen LogP contribution in [0.2, 0.25) is 0 Å². The summed E-state index contributed by atoms with van der Waals surface area (Å²) in [6, 6.07) is 7.21. The number of carbonyl (C=O) groups excluding carboxylic acids is 1. The summed E-state index contributed by atoms with van der Waals surface area (Å²) in [6.45, 7) is 1.86. The van der Waals surface area contributed by atoms with Crippen molar-refractivity contribution in [3.8, 4) is 0 Å². The number of rotatable bonds is 2. The zero-order chi connectivity index (χ0) is 12.6. The van der Waals surface area contributed by atoms with Gasteiger partial charge in [0.15, 0.2) is 5.78 Å². The fraction of sp³-hybridized carbons (Fsp3) is 0.0833. The highest BCUT2D eigenvalue weighted by molar-refractivity contribution is 9.12. The van der Waals surface area contributed by atoms with Crippen LogP contribution in [0.1, 0.15) is 21.5 Å². The Labute approximate surface area is 120 Å². The number of thiophene rings is 1. The molecule has 0 atom stereocenters. The maximum absolute atomic E-state index is 12.4. The lowest BCUT2D eigenvalue weighted by atomic mass is 10.00. The van der Waals surface area contributed by atoms with Crippen LogP contribution >= 0.6 is 43.2 Å². The molecule has 1 aromatic carbocycles. The average Bonchev–Trinajstić information content (AvgIpc) is 2.61. The molecule has 5 heteroatoms. The third-order valence-electron chi connectivity index (χ3n) is 2.52. The lowest BCUT2D eigenvalue weighted by Crippen LogP contribution is -2.05. The van der Waals surface area contributed by atoms with Gasteiger partial charge in [-0.05, 0) is 56.5 Å². The molecule has 0 saturated heterocycles. The van der Waals surface area contributed by atoms with Crippen molar-refractivity contribution in [2.45, 2.75) is 6.92 Å². The van der Waals surface area contributed by atoms with Gasteiger partial charge in [-0.1, -0.05) is 12.1 Å². The second-order valence-electron chi connectivity index (χ2n) is 3.59. The Balaban J connectivity index is 2.51. The topological polar surface area (TPSA) is 43.1 Å². The Kier molecular flexibility index (Phi) is 3.70. The molecule has 0 amide bonds. The van der Waals surface area contributed by atoms with E-state index in [9.17, 15) is 4.79 Å². The van der Waals surface area contributed by atoms with Gasteiger partial charge in [-0.3, -0.25) is 4.79 Å². The number of carbonyl (C=O) groups is 1. The first kappa shape index (κ1) is 12.8. The van der Waals surface area contributed by atoms with E-state index < -0.39 is 0 Å². The molecule has 2 rings (SSSR count). The molecular weight excluding hydrogens is 366 g/mol. The van der Waals surface area contributed by atoms with E-state index in [4.69, 9.17) is 5.73 Å². The van der Waals surface area contributed by atoms with Crippen LogP contribution in [0.25, 0.3) is 0 Å². The number of anilines is 1. The van der Waals surface area contributed by atoms with E-state index >= 15 is 0 Å². The number of nitrogens with two attached hydrogens (primary N) is 1. The molecule has 1 aromatic heterocycles. The molecule has 88 valence electrons. The van der Waals surface area contributed by atoms with E-state index in [2.05, 4.69) is 31.9 Å². The third kappa shape index (κ3) is 2.46. The van der Waals surface area contributed by atoms with Gasteiger partial charge in [0.25, 0.3) is 0 Å². The summed E-state index contributed by atoms with van der Waals surface area (Å²) in [6.07, 6.45) is 0. The fourth-order valence-corrected chi connectivity index (χ4v) is 4.33. The first-order chi connectivity index (χ1) is 8.00. The van der Waals surface area contributed by atoms with Gasteiger partial charge in [0.05, 0.1) is 7.57 Å². The van der Waals surface area contributed by atoms with Crippen molar-refractivity contribution in [3.63, 3.8) is 0 Å². The number of hydrogen-bond donors (Lipinski definition) is 1. The van der Waals surface area contributed by atoms with Gasteiger partial charge in [0, 0.05) is 16.8 Å². The van der Waals surface area contributed by atoms with Crippen molar-refractivity contribution < 1.29 is 4.79 Å². The molecule has 2 aromatic rings. The van der Waals surface area contributed by atoms with Gasteiger partial charge in [-0.15, -0.1) is 11.3 Å². The van der Waals surface area contributed by atoms with Crippen molar-refractivity contribution in [1.29, 1.82) is 0 Å². The van der Waals surface area contributed by atoms with Crippen molar-refractivity contribution in [2.24, 2.45) is 0 Å². The first-order valence-corrected chi connectivity index (χ1v) is 7.25. The largest absolute Gasteiger partial charge is 0.398 e. The first-order valence-electron chi connectivity index (χ1n) is 4.85. The Morgan fingerprint density at radius 2 is 2.00 bits per heavy atom. The summed E-state index contributed by atoms with van der Waals surface area (Å²) in [5.41, 5.74) is 8.59. The zero-order valence-electron chi connectivity index (χ0n) is 8.96. The smallest absolute Gasteiger partial charge is 0.195 e. The minimum absolute atomic E-state index is 0.0105. The number of ketones is 1. The summed E-state index contributed by atoms with van der Waals surface area (Å²) >= 11 is 8.25. The minimum Gasteiger partial charge on any atom is -0.398 e. The van der Waals surface area contributed by atoms with Gasteiger partial charge in [-0.2, -0.15) is 0 Å². The predicted octanol–water partition coefficient (Wildman–Crippen LogP) is 4.39. The van der Waals surface area contributed by atoms with Crippen LogP contribution in [0.15, 0.2) is 31.8 Å². The standard InChI is InChI=1S/C12H9Br2NOS/c1-6-7(3-2-4-9(6)15)11(16)8-5-10(13)17-12(8)14/h2-5H,15H2,1H3.